The van der Waals surface area contributed by atoms with Crippen molar-refractivity contribution in [2.45, 2.75) is 31.8 Å². The van der Waals surface area contributed by atoms with Crippen LogP contribution in [0.25, 0.3) is 0 Å². The molecule has 4 rings (SSSR count). The second-order valence-corrected chi connectivity index (χ2v) is 9.63. The van der Waals surface area contributed by atoms with Crippen LogP contribution in [0, 0.1) is 11.8 Å². The minimum absolute atomic E-state index is 0.145. The van der Waals surface area contributed by atoms with Crippen molar-refractivity contribution >= 4 is 34.8 Å². The molecule has 0 aliphatic carbocycles. The van der Waals surface area contributed by atoms with Crippen LogP contribution in [0.15, 0.2) is 60.7 Å². The highest BCUT2D eigenvalue weighted by atomic mass is 19.4. The number of aromatic nitrogens is 1. The number of fused-ring (bicyclic) bond motifs is 1. The smallest absolute Gasteiger partial charge is 0.406 e. The van der Waals surface area contributed by atoms with E-state index in [1.807, 2.05) is 0 Å². The summed E-state index contributed by atoms with van der Waals surface area (Å²) in [5, 5.41) is 5.04. The molecule has 0 spiro atoms. The predicted octanol–water partition coefficient (Wildman–Crippen LogP) is 4.07. The summed E-state index contributed by atoms with van der Waals surface area (Å²) in [7, 11) is 1.38. The van der Waals surface area contributed by atoms with Gasteiger partial charge in [-0.3, -0.25) is 14.4 Å². The summed E-state index contributed by atoms with van der Waals surface area (Å²) >= 11 is 0. The molecule has 3 aromatic rings. The van der Waals surface area contributed by atoms with Crippen LogP contribution < -0.4 is 25.2 Å². The number of rotatable bonds is 6. The van der Waals surface area contributed by atoms with E-state index in [1.54, 1.807) is 0 Å². The first kappa shape index (κ1) is 29.2. The van der Waals surface area contributed by atoms with Gasteiger partial charge in [0.2, 0.25) is 11.9 Å². The lowest BCUT2D eigenvalue weighted by molar-refractivity contribution is -0.274. The van der Waals surface area contributed by atoms with E-state index in [0.717, 1.165) is 35.2 Å². The Balaban J connectivity index is 1.62. The molecule has 9 nitrogen and oxygen atoms in total. The Bertz CT molecular complexity index is 1480. The third-order valence-electron chi connectivity index (χ3n) is 6.21. The molecular formula is C27H24F5N5O4. The first-order valence-electron chi connectivity index (χ1n) is 12.1. The molecule has 0 fully saturated rings. The summed E-state index contributed by atoms with van der Waals surface area (Å²) in [6, 6.07) is 10.8. The molecule has 216 valence electrons. The molecule has 2 aromatic carbocycles. The molecule has 1 unspecified atom stereocenters. The lowest BCUT2D eigenvalue weighted by Gasteiger charge is -2.30. The molecule has 0 saturated carbocycles. The van der Waals surface area contributed by atoms with E-state index in [0.29, 0.717) is 11.4 Å². The van der Waals surface area contributed by atoms with Crippen LogP contribution in [-0.2, 0) is 9.59 Å². The Hall–Kier alpha value is -4.75. The number of anilines is 3. The van der Waals surface area contributed by atoms with Gasteiger partial charge in [0.25, 0.3) is 11.8 Å². The molecule has 1 atom stereocenters. The SMILES string of the molecule is CN1C(=O)C(NC(=O)C(C)(C)NC(=O)c2cccc(F)n2)CN(c2ccc(OC(F)(F)F)cc2)c2ccc(F)cc21. The standard InChI is InChI=1S/C27H24F5N5O4/c1-26(2,35-23(38)18-5-4-6-22(29)33-18)25(40)34-19-14-37(16-8-10-17(11-9-16)41-27(30,31)32)20-12-7-15(28)13-21(20)36(3)24(19)39/h4-13,19H,14H2,1-3H3,(H,34,40)(H,35,38). The number of hydrogen-bond acceptors (Lipinski definition) is 6. The largest absolute Gasteiger partial charge is 0.573 e. The van der Waals surface area contributed by atoms with E-state index in [-0.39, 0.29) is 17.9 Å². The van der Waals surface area contributed by atoms with Crippen molar-refractivity contribution in [2.75, 3.05) is 23.4 Å². The molecule has 14 heteroatoms. The van der Waals surface area contributed by atoms with Crippen molar-refractivity contribution in [2.24, 2.45) is 0 Å². The maximum absolute atomic E-state index is 14.2. The van der Waals surface area contributed by atoms with Gasteiger partial charge >= 0.3 is 6.36 Å². The van der Waals surface area contributed by atoms with E-state index in [4.69, 9.17) is 0 Å². The summed E-state index contributed by atoms with van der Waals surface area (Å²) in [6.45, 7) is 2.53. The molecule has 3 amide bonds. The average Bonchev–Trinajstić information content (AvgIpc) is 2.98. The molecule has 2 heterocycles. The minimum atomic E-state index is -4.90. The zero-order chi connectivity index (χ0) is 30.1. The van der Waals surface area contributed by atoms with Crippen LogP contribution in [0.2, 0.25) is 0 Å². The van der Waals surface area contributed by atoms with Crippen LogP contribution in [0.1, 0.15) is 24.3 Å². The van der Waals surface area contributed by atoms with Gasteiger partial charge in [0.05, 0.1) is 17.9 Å². The van der Waals surface area contributed by atoms with Crippen molar-refractivity contribution in [1.29, 1.82) is 0 Å². The number of nitrogens with zero attached hydrogens (tertiary/aromatic N) is 3. The molecular weight excluding hydrogens is 553 g/mol. The maximum Gasteiger partial charge on any atom is 0.573 e. The van der Waals surface area contributed by atoms with Gasteiger partial charge < -0.3 is 25.2 Å². The van der Waals surface area contributed by atoms with Crippen molar-refractivity contribution < 1.29 is 41.1 Å². The highest BCUT2D eigenvalue weighted by Crippen LogP contribution is 2.38. The summed E-state index contributed by atoms with van der Waals surface area (Å²) < 4.78 is 69.5. The van der Waals surface area contributed by atoms with E-state index >= 15 is 0 Å². The summed E-state index contributed by atoms with van der Waals surface area (Å²) in [6.07, 6.45) is -4.90. The van der Waals surface area contributed by atoms with Crippen LogP contribution in [0.4, 0.5) is 39.0 Å². The zero-order valence-corrected chi connectivity index (χ0v) is 21.9. The van der Waals surface area contributed by atoms with Gasteiger partial charge in [-0.2, -0.15) is 4.39 Å². The Kier molecular flexibility index (Phi) is 7.86. The number of carbonyl (C=O) groups excluding carboxylic acids is 3. The Labute approximate surface area is 230 Å². The third-order valence-corrected chi connectivity index (χ3v) is 6.21. The van der Waals surface area contributed by atoms with Crippen LogP contribution in [0.5, 0.6) is 5.75 Å². The van der Waals surface area contributed by atoms with Gasteiger partial charge in [-0.05, 0) is 68.4 Å². The minimum Gasteiger partial charge on any atom is -0.406 e. The van der Waals surface area contributed by atoms with E-state index < -0.39 is 53.2 Å². The number of ether oxygens (including phenoxy) is 1. The topological polar surface area (TPSA) is 104 Å². The quantitative estimate of drug-likeness (QED) is 0.338. The number of likely N-dealkylation sites (N-methyl/N-ethyl adjacent to an activating group) is 1. The lowest BCUT2D eigenvalue weighted by atomic mass is 10.0. The average molecular weight is 578 g/mol. The van der Waals surface area contributed by atoms with Crippen LogP contribution in [-0.4, -0.2) is 54.2 Å². The fraction of sp³-hybridized carbons (Fsp3) is 0.259. The molecule has 0 saturated heterocycles. The zero-order valence-electron chi connectivity index (χ0n) is 21.9. The van der Waals surface area contributed by atoms with Crippen molar-refractivity contribution in [3.05, 3.63) is 78.1 Å². The molecule has 41 heavy (non-hydrogen) atoms. The second-order valence-electron chi connectivity index (χ2n) is 9.63. The van der Waals surface area contributed by atoms with Gasteiger partial charge in [0.15, 0.2) is 0 Å². The summed E-state index contributed by atoms with van der Waals surface area (Å²) in [5.41, 5.74) is -1.06. The molecule has 1 aliphatic heterocycles. The normalized spacial score (nSPS) is 15.6. The van der Waals surface area contributed by atoms with Crippen molar-refractivity contribution in [3.8, 4) is 5.75 Å². The monoisotopic (exact) mass is 577 g/mol. The number of amides is 3. The summed E-state index contributed by atoms with van der Waals surface area (Å²) in [5.74, 6) is -4.24. The van der Waals surface area contributed by atoms with Crippen molar-refractivity contribution in [3.63, 3.8) is 0 Å². The molecule has 0 bridgehead atoms. The second kappa shape index (κ2) is 11.0. The van der Waals surface area contributed by atoms with Gasteiger partial charge in [-0.25, -0.2) is 9.37 Å². The molecule has 1 aliphatic rings. The highest BCUT2D eigenvalue weighted by molar-refractivity contribution is 6.05. The van der Waals surface area contributed by atoms with E-state index in [9.17, 15) is 36.3 Å². The lowest BCUT2D eigenvalue weighted by Crippen LogP contribution is -2.60. The number of halogens is 5. The maximum atomic E-state index is 14.2. The Morgan fingerprint density at radius 2 is 1.68 bits per heavy atom. The van der Waals surface area contributed by atoms with Gasteiger partial charge in [-0.15, -0.1) is 13.2 Å². The fourth-order valence-electron chi connectivity index (χ4n) is 4.16. The number of carbonyl (C=O) groups is 3. The Morgan fingerprint density at radius 3 is 2.32 bits per heavy atom. The predicted molar refractivity (Wildman–Crippen MR) is 138 cm³/mol. The van der Waals surface area contributed by atoms with Gasteiger partial charge in [0, 0.05) is 12.7 Å². The Morgan fingerprint density at radius 1 is 1.00 bits per heavy atom. The third kappa shape index (κ3) is 6.70. The fourth-order valence-corrected chi connectivity index (χ4v) is 4.16. The van der Waals surface area contributed by atoms with E-state index in [1.165, 1.54) is 56.1 Å². The van der Waals surface area contributed by atoms with Crippen molar-refractivity contribution in [1.82, 2.24) is 15.6 Å². The van der Waals surface area contributed by atoms with Crippen LogP contribution >= 0.6 is 0 Å². The first-order valence-corrected chi connectivity index (χ1v) is 12.1. The molecule has 0 radical (unpaired) electrons. The summed E-state index contributed by atoms with van der Waals surface area (Å²) in [4.78, 5) is 45.5. The number of nitrogens with one attached hydrogen (secondary N) is 2. The number of alkyl halides is 3. The van der Waals surface area contributed by atoms with Gasteiger partial charge in [-0.1, -0.05) is 6.07 Å². The van der Waals surface area contributed by atoms with E-state index in [2.05, 4.69) is 20.4 Å². The number of pyridine rings is 1. The number of hydrogen-bond donors (Lipinski definition) is 2. The van der Waals surface area contributed by atoms with Gasteiger partial charge in [0.1, 0.15) is 28.8 Å². The number of benzene rings is 2. The molecule has 2 N–H and O–H groups in total. The highest BCUT2D eigenvalue weighted by Gasteiger charge is 2.38. The van der Waals surface area contributed by atoms with Crippen LogP contribution in [0.3, 0.4) is 0 Å². The molecule has 1 aromatic heterocycles. The first-order chi connectivity index (χ1) is 19.1.